The highest BCUT2D eigenvalue weighted by molar-refractivity contribution is 7.90. The lowest BCUT2D eigenvalue weighted by molar-refractivity contribution is 0.553. The molecular formula is C10H14N2O2S. The molecule has 1 saturated carbocycles. The Balaban J connectivity index is 1.80. The summed E-state index contributed by atoms with van der Waals surface area (Å²) in [7, 11) is -3.12. The molecule has 2 N–H and O–H groups in total. The van der Waals surface area contributed by atoms with Crippen LogP contribution in [-0.4, -0.2) is 13.7 Å². The van der Waals surface area contributed by atoms with Crippen LogP contribution in [0.5, 0.6) is 0 Å². The van der Waals surface area contributed by atoms with Gasteiger partial charge in [-0.3, -0.25) is 0 Å². The van der Waals surface area contributed by atoms with E-state index in [4.69, 9.17) is 0 Å². The van der Waals surface area contributed by atoms with Crippen molar-refractivity contribution in [3.8, 4) is 0 Å². The van der Waals surface area contributed by atoms with Crippen LogP contribution in [0.25, 0.3) is 0 Å². The lowest BCUT2D eigenvalue weighted by atomic mass is 10.2. The summed E-state index contributed by atoms with van der Waals surface area (Å²) in [5.41, 5.74) is 3.78. The molecule has 1 aliphatic rings. The third kappa shape index (κ3) is 3.02. The van der Waals surface area contributed by atoms with Gasteiger partial charge in [0, 0.05) is 6.54 Å². The molecule has 0 aliphatic heterocycles. The van der Waals surface area contributed by atoms with E-state index < -0.39 is 10.0 Å². The minimum Gasteiger partial charge on any atom is -0.240 e. The predicted octanol–water partition coefficient (Wildman–Crippen LogP) is 0.773. The number of hydrazine groups is 1. The number of sulfonamides is 1. The van der Waals surface area contributed by atoms with E-state index >= 15 is 0 Å². The van der Waals surface area contributed by atoms with E-state index in [0.29, 0.717) is 6.54 Å². The zero-order valence-electron chi connectivity index (χ0n) is 8.31. The van der Waals surface area contributed by atoms with Gasteiger partial charge in [0.05, 0.1) is 5.25 Å². The normalized spacial score (nSPS) is 16.5. The summed E-state index contributed by atoms with van der Waals surface area (Å²) < 4.78 is 22.8. The van der Waals surface area contributed by atoms with E-state index in [0.717, 1.165) is 18.4 Å². The molecule has 0 aromatic heterocycles. The van der Waals surface area contributed by atoms with Crippen molar-refractivity contribution in [3.05, 3.63) is 35.9 Å². The van der Waals surface area contributed by atoms with E-state index in [1.807, 2.05) is 30.3 Å². The van der Waals surface area contributed by atoms with Crippen molar-refractivity contribution in [2.75, 3.05) is 0 Å². The van der Waals surface area contributed by atoms with Crippen molar-refractivity contribution in [2.45, 2.75) is 24.6 Å². The van der Waals surface area contributed by atoms with Gasteiger partial charge in [0.2, 0.25) is 10.0 Å². The van der Waals surface area contributed by atoms with Crippen LogP contribution in [0.3, 0.4) is 0 Å². The molecule has 1 aromatic carbocycles. The largest absolute Gasteiger partial charge is 0.240 e. The minimum absolute atomic E-state index is 0.180. The second-order valence-electron chi connectivity index (χ2n) is 3.69. The molecule has 82 valence electrons. The molecule has 0 unspecified atom stereocenters. The van der Waals surface area contributed by atoms with Gasteiger partial charge in [-0.2, -0.15) is 4.83 Å². The first-order valence-corrected chi connectivity index (χ1v) is 6.50. The Labute approximate surface area is 89.7 Å². The average Bonchev–Trinajstić information content (AvgIpc) is 3.02. The molecule has 0 saturated heterocycles. The zero-order chi connectivity index (χ0) is 10.7. The number of hydrogen-bond donors (Lipinski definition) is 2. The van der Waals surface area contributed by atoms with E-state index in [9.17, 15) is 8.42 Å². The quantitative estimate of drug-likeness (QED) is 0.729. The first-order valence-electron chi connectivity index (χ1n) is 4.96. The molecule has 0 bridgehead atoms. The van der Waals surface area contributed by atoms with Crippen molar-refractivity contribution in [1.82, 2.24) is 10.3 Å². The molecule has 0 amide bonds. The maximum Gasteiger partial charge on any atom is 0.227 e. The van der Waals surface area contributed by atoms with Gasteiger partial charge in [-0.15, -0.1) is 0 Å². The summed E-state index contributed by atoms with van der Waals surface area (Å²) >= 11 is 0. The molecule has 0 atom stereocenters. The highest BCUT2D eigenvalue weighted by atomic mass is 32.2. The Kier molecular flexibility index (Phi) is 3.04. The van der Waals surface area contributed by atoms with E-state index in [1.54, 1.807) is 0 Å². The van der Waals surface area contributed by atoms with Gasteiger partial charge >= 0.3 is 0 Å². The molecule has 2 rings (SSSR count). The highest BCUT2D eigenvalue weighted by Gasteiger charge is 2.35. The van der Waals surface area contributed by atoms with E-state index in [-0.39, 0.29) is 5.25 Å². The fourth-order valence-corrected chi connectivity index (χ4v) is 2.49. The van der Waals surface area contributed by atoms with E-state index in [2.05, 4.69) is 10.3 Å². The number of nitrogens with one attached hydrogen (secondary N) is 2. The summed E-state index contributed by atoms with van der Waals surface area (Å²) in [5.74, 6) is 0. The Morgan fingerprint density at radius 2 is 1.87 bits per heavy atom. The molecule has 1 aliphatic carbocycles. The van der Waals surface area contributed by atoms with Crippen LogP contribution >= 0.6 is 0 Å². The van der Waals surface area contributed by atoms with Gasteiger partial charge in [0.1, 0.15) is 0 Å². The molecule has 0 heterocycles. The molecule has 4 nitrogen and oxygen atoms in total. The van der Waals surface area contributed by atoms with Crippen molar-refractivity contribution in [3.63, 3.8) is 0 Å². The number of benzene rings is 1. The van der Waals surface area contributed by atoms with Gasteiger partial charge in [-0.05, 0) is 18.4 Å². The van der Waals surface area contributed by atoms with Crippen molar-refractivity contribution < 1.29 is 8.42 Å². The summed E-state index contributed by atoms with van der Waals surface area (Å²) in [4.78, 5) is 2.39. The average molecular weight is 226 g/mol. The van der Waals surface area contributed by atoms with Gasteiger partial charge in [-0.25, -0.2) is 13.8 Å². The molecule has 0 radical (unpaired) electrons. The second-order valence-corrected chi connectivity index (χ2v) is 5.65. The Bertz CT molecular complexity index is 412. The SMILES string of the molecule is O=S(=O)(NNCc1ccccc1)C1CC1. The maximum absolute atomic E-state index is 11.4. The van der Waals surface area contributed by atoms with Crippen LogP contribution < -0.4 is 10.3 Å². The van der Waals surface area contributed by atoms with Gasteiger partial charge < -0.3 is 0 Å². The zero-order valence-corrected chi connectivity index (χ0v) is 9.13. The fourth-order valence-electron chi connectivity index (χ4n) is 1.30. The molecule has 5 heteroatoms. The third-order valence-corrected chi connectivity index (χ3v) is 4.09. The summed E-state index contributed by atoms with van der Waals surface area (Å²) in [6.07, 6.45) is 1.56. The number of hydrogen-bond acceptors (Lipinski definition) is 3. The first kappa shape index (κ1) is 10.6. The summed E-state index contributed by atoms with van der Waals surface area (Å²) in [6.45, 7) is 0.507. The molecular weight excluding hydrogens is 212 g/mol. The van der Waals surface area contributed by atoms with Crippen molar-refractivity contribution >= 4 is 10.0 Å². The Morgan fingerprint density at radius 3 is 2.47 bits per heavy atom. The van der Waals surface area contributed by atoms with Crippen LogP contribution in [0, 0.1) is 0 Å². The third-order valence-electron chi connectivity index (χ3n) is 2.31. The predicted molar refractivity (Wildman–Crippen MR) is 58.4 cm³/mol. The van der Waals surface area contributed by atoms with Crippen LogP contribution in [0.2, 0.25) is 0 Å². The van der Waals surface area contributed by atoms with Crippen LogP contribution in [0.4, 0.5) is 0 Å². The Hall–Kier alpha value is -0.910. The van der Waals surface area contributed by atoms with Crippen LogP contribution in [-0.2, 0) is 16.6 Å². The van der Waals surface area contributed by atoms with E-state index in [1.165, 1.54) is 0 Å². The highest BCUT2D eigenvalue weighted by Crippen LogP contribution is 2.26. The fraction of sp³-hybridized carbons (Fsp3) is 0.400. The maximum atomic E-state index is 11.4. The number of rotatable bonds is 5. The van der Waals surface area contributed by atoms with Gasteiger partial charge in [-0.1, -0.05) is 30.3 Å². The van der Waals surface area contributed by atoms with Gasteiger partial charge in [0.25, 0.3) is 0 Å². The lowest BCUT2D eigenvalue weighted by Crippen LogP contribution is -2.38. The van der Waals surface area contributed by atoms with Crippen LogP contribution in [0.15, 0.2) is 30.3 Å². The second kappa shape index (κ2) is 4.30. The summed E-state index contributed by atoms with van der Waals surface area (Å²) in [5, 5.41) is -0.180. The van der Waals surface area contributed by atoms with Gasteiger partial charge in [0.15, 0.2) is 0 Å². The molecule has 1 aromatic rings. The molecule has 1 fully saturated rings. The first-order chi connectivity index (χ1) is 7.18. The van der Waals surface area contributed by atoms with Crippen molar-refractivity contribution in [2.24, 2.45) is 0 Å². The lowest BCUT2D eigenvalue weighted by Gasteiger charge is -2.06. The monoisotopic (exact) mass is 226 g/mol. The topological polar surface area (TPSA) is 58.2 Å². The van der Waals surface area contributed by atoms with Crippen molar-refractivity contribution in [1.29, 1.82) is 0 Å². The van der Waals surface area contributed by atoms with Crippen LogP contribution in [0.1, 0.15) is 18.4 Å². The molecule has 15 heavy (non-hydrogen) atoms. The smallest absolute Gasteiger partial charge is 0.227 e. The summed E-state index contributed by atoms with van der Waals surface area (Å²) in [6, 6.07) is 9.66. The minimum atomic E-state index is -3.12. The Morgan fingerprint density at radius 1 is 1.20 bits per heavy atom. The standard InChI is InChI=1S/C10H14N2O2S/c13-15(14,10-6-7-10)12-11-8-9-4-2-1-3-5-9/h1-5,10-12H,6-8H2. The molecule has 0 spiro atoms.